The number of benzene rings is 1. The maximum atomic E-state index is 12.2. The van der Waals surface area contributed by atoms with Crippen molar-refractivity contribution >= 4 is 41.6 Å². The van der Waals surface area contributed by atoms with E-state index in [0.717, 1.165) is 42.1 Å². The number of aromatic nitrogens is 1. The first-order chi connectivity index (χ1) is 9.69. The van der Waals surface area contributed by atoms with Crippen molar-refractivity contribution < 1.29 is 4.79 Å². The molecule has 0 unspecified atom stereocenters. The van der Waals surface area contributed by atoms with Gasteiger partial charge in [0, 0.05) is 18.1 Å². The van der Waals surface area contributed by atoms with Crippen LogP contribution in [0.15, 0.2) is 36.5 Å². The van der Waals surface area contributed by atoms with E-state index in [2.05, 4.69) is 10.3 Å². The highest BCUT2D eigenvalue weighted by atomic mass is 35.5. The number of pyridine rings is 1. The van der Waals surface area contributed by atoms with Crippen LogP contribution in [0.25, 0.3) is 10.9 Å². The Bertz CT molecular complexity index is 637. The van der Waals surface area contributed by atoms with Gasteiger partial charge in [-0.1, -0.05) is 37.1 Å². The fourth-order valence-corrected chi connectivity index (χ4v) is 2.89. The first kappa shape index (κ1) is 18.7. The van der Waals surface area contributed by atoms with Gasteiger partial charge in [-0.15, -0.1) is 24.8 Å². The third kappa shape index (κ3) is 3.69. The fourth-order valence-electron chi connectivity index (χ4n) is 2.89. The SMILES string of the molecule is Cl.Cl.NC1(C(=O)NCc2cccc3cccnc23)CCCC1. The van der Waals surface area contributed by atoms with Gasteiger partial charge in [0.05, 0.1) is 11.1 Å². The number of nitrogens with one attached hydrogen (secondary N) is 1. The van der Waals surface area contributed by atoms with Crippen molar-refractivity contribution in [3.05, 3.63) is 42.1 Å². The van der Waals surface area contributed by atoms with Gasteiger partial charge in [0.25, 0.3) is 0 Å². The quantitative estimate of drug-likeness (QED) is 0.901. The summed E-state index contributed by atoms with van der Waals surface area (Å²) < 4.78 is 0. The zero-order valence-electron chi connectivity index (χ0n) is 12.2. The van der Waals surface area contributed by atoms with Gasteiger partial charge in [0.1, 0.15) is 0 Å². The molecule has 1 aliphatic carbocycles. The molecule has 0 radical (unpaired) electrons. The Balaban J connectivity index is 0.00000121. The molecule has 1 aromatic carbocycles. The lowest BCUT2D eigenvalue weighted by atomic mass is 9.98. The molecule has 1 aromatic heterocycles. The lowest BCUT2D eigenvalue weighted by Gasteiger charge is -2.22. The third-order valence-corrected chi connectivity index (χ3v) is 4.10. The maximum absolute atomic E-state index is 12.2. The van der Waals surface area contributed by atoms with Gasteiger partial charge < -0.3 is 11.1 Å². The van der Waals surface area contributed by atoms with E-state index in [0.29, 0.717) is 6.54 Å². The molecule has 3 rings (SSSR count). The van der Waals surface area contributed by atoms with Crippen LogP contribution in [-0.2, 0) is 11.3 Å². The molecule has 0 bridgehead atoms. The number of hydrogen-bond acceptors (Lipinski definition) is 3. The summed E-state index contributed by atoms with van der Waals surface area (Å²) in [6.07, 6.45) is 5.42. The zero-order chi connectivity index (χ0) is 14.0. The third-order valence-electron chi connectivity index (χ3n) is 4.10. The predicted molar refractivity (Wildman–Crippen MR) is 93.5 cm³/mol. The van der Waals surface area contributed by atoms with Crippen LogP contribution in [0.4, 0.5) is 0 Å². The molecule has 1 amide bonds. The highest BCUT2D eigenvalue weighted by molar-refractivity contribution is 5.87. The second-order valence-electron chi connectivity index (χ2n) is 5.54. The van der Waals surface area contributed by atoms with E-state index in [9.17, 15) is 4.79 Å². The number of amides is 1. The van der Waals surface area contributed by atoms with Crippen LogP contribution in [0.3, 0.4) is 0 Å². The fraction of sp³-hybridized carbons (Fsp3) is 0.375. The number of para-hydroxylation sites is 1. The molecule has 3 N–H and O–H groups in total. The summed E-state index contributed by atoms with van der Waals surface area (Å²) in [5, 5.41) is 4.06. The Kier molecular flexibility index (Phi) is 6.60. The molecule has 0 atom stereocenters. The monoisotopic (exact) mass is 341 g/mol. The van der Waals surface area contributed by atoms with Crippen LogP contribution < -0.4 is 11.1 Å². The van der Waals surface area contributed by atoms with E-state index in [4.69, 9.17) is 5.73 Å². The molecule has 22 heavy (non-hydrogen) atoms. The Morgan fingerprint density at radius 1 is 1.18 bits per heavy atom. The van der Waals surface area contributed by atoms with Crippen LogP contribution >= 0.6 is 24.8 Å². The Hall–Kier alpha value is -1.36. The minimum absolute atomic E-state index is 0. The molecule has 6 heteroatoms. The van der Waals surface area contributed by atoms with Gasteiger partial charge >= 0.3 is 0 Å². The summed E-state index contributed by atoms with van der Waals surface area (Å²) in [7, 11) is 0. The van der Waals surface area contributed by atoms with Gasteiger partial charge in [-0.2, -0.15) is 0 Å². The number of fused-ring (bicyclic) bond motifs is 1. The normalized spacial score (nSPS) is 15.7. The first-order valence-electron chi connectivity index (χ1n) is 7.09. The van der Waals surface area contributed by atoms with E-state index < -0.39 is 5.54 Å². The predicted octanol–water partition coefficient (Wildman–Crippen LogP) is 2.97. The summed E-state index contributed by atoms with van der Waals surface area (Å²) in [6, 6.07) is 9.94. The number of nitrogens with zero attached hydrogens (tertiary/aromatic N) is 1. The number of rotatable bonds is 3. The van der Waals surface area contributed by atoms with Crippen LogP contribution in [0.1, 0.15) is 31.2 Å². The van der Waals surface area contributed by atoms with Crippen LogP contribution in [0, 0.1) is 0 Å². The van der Waals surface area contributed by atoms with Gasteiger partial charge in [0.2, 0.25) is 5.91 Å². The van der Waals surface area contributed by atoms with Crippen molar-refractivity contribution in [3.8, 4) is 0 Å². The molecule has 0 spiro atoms. The van der Waals surface area contributed by atoms with E-state index in [1.807, 2.05) is 30.3 Å². The minimum atomic E-state index is -0.669. The molecule has 4 nitrogen and oxygen atoms in total. The van der Waals surface area contributed by atoms with Crippen LogP contribution in [-0.4, -0.2) is 16.4 Å². The van der Waals surface area contributed by atoms with E-state index in [-0.39, 0.29) is 30.7 Å². The molecular formula is C16H21Cl2N3O. The molecule has 1 saturated carbocycles. The highest BCUT2D eigenvalue weighted by Gasteiger charge is 2.36. The van der Waals surface area contributed by atoms with Gasteiger partial charge in [-0.25, -0.2) is 0 Å². The number of carbonyl (C=O) groups excluding carboxylic acids is 1. The number of hydrogen-bond donors (Lipinski definition) is 2. The van der Waals surface area contributed by atoms with E-state index >= 15 is 0 Å². The minimum Gasteiger partial charge on any atom is -0.350 e. The second kappa shape index (κ2) is 7.77. The molecule has 0 saturated heterocycles. The molecule has 2 aromatic rings. The van der Waals surface area contributed by atoms with Crippen molar-refractivity contribution in [2.24, 2.45) is 5.73 Å². The molecule has 0 aliphatic heterocycles. The lowest BCUT2D eigenvalue weighted by molar-refractivity contribution is -0.126. The summed E-state index contributed by atoms with van der Waals surface area (Å²) in [6.45, 7) is 0.478. The van der Waals surface area contributed by atoms with Crippen molar-refractivity contribution in [1.82, 2.24) is 10.3 Å². The maximum Gasteiger partial charge on any atom is 0.240 e. The van der Waals surface area contributed by atoms with E-state index in [1.165, 1.54) is 0 Å². The van der Waals surface area contributed by atoms with Crippen LogP contribution in [0.2, 0.25) is 0 Å². The number of nitrogens with two attached hydrogens (primary N) is 1. The smallest absolute Gasteiger partial charge is 0.240 e. The number of carbonyl (C=O) groups is 1. The Labute approximate surface area is 142 Å². The first-order valence-corrected chi connectivity index (χ1v) is 7.09. The van der Waals surface area contributed by atoms with Crippen molar-refractivity contribution in [1.29, 1.82) is 0 Å². The zero-order valence-corrected chi connectivity index (χ0v) is 13.9. The molecule has 1 fully saturated rings. The molecule has 120 valence electrons. The van der Waals surface area contributed by atoms with E-state index in [1.54, 1.807) is 6.20 Å². The molecular weight excluding hydrogens is 321 g/mol. The Morgan fingerprint density at radius 3 is 2.59 bits per heavy atom. The summed E-state index contributed by atoms with van der Waals surface area (Å²) in [5.74, 6) is -0.0389. The number of halogens is 2. The highest BCUT2D eigenvalue weighted by Crippen LogP contribution is 2.27. The van der Waals surface area contributed by atoms with Crippen molar-refractivity contribution in [2.45, 2.75) is 37.8 Å². The summed E-state index contributed by atoms with van der Waals surface area (Å²) in [5.41, 5.74) is 7.45. The topological polar surface area (TPSA) is 68.0 Å². The van der Waals surface area contributed by atoms with Crippen molar-refractivity contribution in [3.63, 3.8) is 0 Å². The summed E-state index contributed by atoms with van der Waals surface area (Å²) in [4.78, 5) is 16.6. The average Bonchev–Trinajstić information content (AvgIpc) is 2.93. The van der Waals surface area contributed by atoms with Gasteiger partial charge in [0.15, 0.2) is 0 Å². The summed E-state index contributed by atoms with van der Waals surface area (Å²) >= 11 is 0. The average molecular weight is 342 g/mol. The Morgan fingerprint density at radius 2 is 1.86 bits per heavy atom. The van der Waals surface area contributed by atoms with Gasteiger partial charge in [-0.3, -0.25) is 9.78 Å². The molecule has 1 heterocycles. The molecule has 1 aliphatic rings. The van der Waals surface area contributed by atoms with Crippen LogP contribution in [0.5, 0.6) is 0 Å². The standard InChI is InChI=1S/C16H19N3O.2ClH/c17-16(8-1-2-9-16)15(20)19-11-13-6-3-5-12-7-4-10-18-14(12)13;;/h3-7,10H,1-2,8-9,11,17H2,(H,19,20);2*1H. The largest absolute Gasteiger partial charge is 0.350 e. The second-order valence-corrected chi connectivity index (χ2v) is 5.54. The van der Waals surface area contributed by atoms with Gasteiger partial charge in [-0.05, 0) is 24.5 Å². The van der Waals surface area contributed by atoms with Crippen molar-refractivity contribution in [2.75, 3.05) is 0 Å². The lowest BCUT2D eigenvalue weighted by Crippen LogP contribution is -2.51.